The van der Waals surface area contributed by atoms with Crippen LogP contribution >= 0.6 is 35.0 Å². The number of halogens is 2. The fraction of sp³-hybridized carbons (Fsp3) is 0.417. The van der Waals surface area contributed by atoms with Gasteiger partial charge in [-0.05, 0) is 24.3 Å². The minimum atomic E-state index is -0.199. The molecule has 1 aromatic rings. The highest BCUT2D eigenvalue weighted by molar-refractivity contribution is 7.98. The molecule has 0 N–H and O–H groups in total. The second-order valence-electron chi connectivity index (χ2n) is 3.43. The van der Waals surface area contributed by atoms with Gasteiger partial charge in [-0.25, -0.2) is 0 Å². The van der Waals surface area contributed by atoms with Gasteiger partial charge in [0.05, 0.1) is 10.0 Å². The minimum absolute atomic E-state index is 0.199. The van der Waals surface area contributed by atoms with E-state index in [4.69, 9.17) is 27.9 Å². The van der Waals surface area contributed by atoms with Gasteiger partial charge in [0.1, 0.15) is 6.61 Å². The Balaban J connectivity index is 2.39. The lowest BCUT2D eigenvalue weighted by Crippen LogP contribution is -2.08. The summed E-state index contributed by atoms with van der Waals surface area (Å²) in [6.45, 7) is 0.462. The number of esters is 1. The van der Waals surface area contributed by atoms with Crippen LogP contribution in [-0.4, -0.2) is 24.6 Å². The van der Waals surface area contributed by atoms with Gasteiger partial charge in [0.2, 0.25) is 0 Å². The van der Waals surface area contributed by atoms with Crippen molar-refractivity contribution in [1.82, 2.24) is 0 Å². The molecule has 0 aliphatic rings. The third-order valence-corrected chi connectivity index (χ3v) is 3.61. The second-order valence-corrected chi connectivity index (χ2v) is 5.20. The molecule has 0 saturated heterocycles. The Labute approximate surface area is 116 Å². The molecular formula is C12H14Cl2O2S. The number of hydrogen-bond donors (Lipinski definition) is 0. The highest BCUT2D eigenvalue weighted by Crippen LogP contribution is 2.26. The van der Waals surface area contributed by atoms with Crippen LogP contribution in [0.5, 0.6) is 0 Å². The summed E-state index contributed by atoms with van der Waals surface area (Å²) in [5.74, 6) is 0.624. The monoisotopic (exact) mass is 292 g/mol. The molecule has 5 heteroatoms. The summed E-state index contributed by atoms with van der Waals surface area (Å²) < 4.78 is 5.04. The quantitative estimate of drug-likeness (QED) is 0.589. The van der Waals surface area contributed by atoms with Crippen LogP contribution in [0.2, 0.25) is 10.0 Å². The standard InChI is InChI=1S/C12H14Cl2O2S/c1-17-8-7-16-11(15)6-5-9-3-2-4-10(13)12(9)14/h2-4H,5-8H2,1H3. The Morgan fingerprint density at radius 1 is 1.41 bits per heavy atom. The first kappa shape index (κ1) is 14.7. The van der Waals surface area contributed by atoms with E-state index in [9.17, 15) is 4.79 Å². The molecule has 1 rings (SSSR count). The molecule has 0 aliphatic carbocycles. The molecule has 0 atom stereocenters. The summed E-state index contributed by atoms with van der Waals surface area (Å²) in [6, 6.07) is 5.41. The minimum Gasteiger partial charge on any atom is -0.465 e. The molecule has 0 unspecified atom stereocenters. The molecule has 0 aliphatic heterocycles. The predicted molar refractivity (Wildman–Crippen MR) is 74.1 cm³/mol. The van der Waals surface area contributed by atoms with Crippen LogP contribution in [-0.2, 0) is 16.0 Å². The van der Waals surface area contributed by atoms with Gasteiger partial charge < -0.3 is 4.74 Å². The van der Waals surface area contributed by atoms with Crippen molar-refractivity contribution in [2.24, 2.45) is 0 Å². The highest BCUT2D eigenvalue weighted by Gasteiger charge is 2.08. The third kappa shape index (κ3) is 5.19. The summed E-state index contributed by atoms with van der Waals surface area (Å²) >= 11 is 13.5. The number of hydrogen-bond acceptors (Lipinski definition) is 3. The number of benzene rings is 1. The van der Waals surface area contributed by atoms with E-state index in [-0.39, 0.29) is 5.97 Å². The molecule has 0 bridgehead atoms. The van der Waals surface area contributed by atoms with Crippen LogP contribution in [0.1, 0.15) is 12.0 Å². The van der Waals surface area contributed by atoms with Crippen molar-refractivity contribution >= 4 is 40.9 Å². The van der Waals surface area contributed by atoms with E-state index in [1.165, 1.54) is 0 Å². The largest absolute Gasteiger partial charge is 0.465 e. The van der Waals surface area contributed by atoms with E-state index >= 15 is 0 Å². The van der Waals surface area contributed by atoms with Gasteiger partial charge in [-0.15, -0.1) is 0 Å². The van der Waals surface area contributed by atoms with E-state index < -0.39 is 0 Å². The van der Waals surface area contributed by atoms with Crippen LogP contribution in [0.15, 0.2) is 18.2 Å². The normalized spacial score (nSPS) is 10.3. The van der Waals surface area contributed by atoms with Crippen molar-refractivity contribution in [2.75, 3.05) is 18.6 Å². The summed E-state index contributed by atoms with van der Waals surface area (Å²) in [7, 11) is 0. The van der Waals surface area contributed by atoms with Gasteiger partial charge in [0.25, 0.3) is 0 Å². The lowest BCUT2D eigenvalue weighted by atomic mass is 10.1. The number of carbonyl (C=O) groups excluding carboxylic acids is 1. The van der Waals surface area contributed by atoms with E-state index in [1.54, 1.807) is 17.8 Å². The van der Waals surface area contributed by atoms with Gasteiger partial charge in [0, 0.05) is 12.2 Å². The fourth-order valence-corrected chi connectivity index (χ4v) is 1.95. The van der Waals surface area contributed by atoms with Crippen molar-refractivity contribution in [3.8, 4) is 0 Å². The maximum atomic E-state index is 11.4. The molecule has 1 aromatic carbocycles. The summed E-state index contributed by atoms with van der Waals surface area (Å²) in [5.41, 5.74) is 0.876. The molecule has 17 heavy (non-hydrogen) atoms. The summed E-state index contributed by atoms with van der Waals surface area (Å²) in [4.78, 5) is 11.4. The molecule has 94 valence electrons. The lowest BCUT2D eigenvalue weighted by molar-refractivity contribution is -0.142. The van der Waals surface area contributed by atoms with Gasteiger partial charge in [-0.1, -0.05) is 35.3 Å². The second kappa shape index (κ2) is 7.85. The molecule has 0 heterocycles. The number of aryl methyl sites for hydroxylation is 1. The smallest absolute Gasteiger partial charge is 0.306 e. The van der Waals surface area contributed by atoms with Gasteiger partial charge in [-0.3, -0.25) is 4.79 Å². The van der Waals surface area contributed by atoms with E-state index in [2.05, 4.69) is 0 Å². The van der Waals surface area contributed by atoms with Gasteiger partial charge in [0.15, 0.2) is 0 Å². The molecule has 0 saturated carbocycles. The lowest BCUT2D eigenvalue weighted by Gasteiger charge is -2.06. The molecule has 2 nitrogen and oxygen atoms in total. The Hall–Kier alpha value is -0.380. The zero-order valence-corrected chi connectivity index (χ0v) is 11.9. The van der Waals surface area contributed by atoms with Crippen LogP contribution in [0.4, 0.5) is 0 Å². The molecule has 0 fully saturated rings. The molecule has 0 aromatic heterocycles. The zero-order chi connectivity index (χ0) is 12.7. The average molecular weight is 293 g/mol. The van der Waals surface area contributed by atoms with Crippen molar-refractivity contribution in [2.45, 2.75) is 12.8 Å². The fourth-order valence-electron chi connectivity index (χ4n) is 1.29. The first-order chi connectivity index (χ1) is 8.15. The SMILES string of the molecule is CSCCOC(=O)CCc1cccc(Cl)c1Cl. The van der Waals surface area contributed by atoms with Gasteiger partial charge >= 0.3 is 5.97 Å². The van der Waals surface area contributed by atoms with Crippen molar-refractivity contribution in [3.63, 3.8) is 0 Å². The van der Waals surface area contributed by atoms with Crippen LogP contribution in [0.25, 0.3) is 0 Å². The third-order valence-electron chi connectivity index (χ3n) is 2.18. The number of thioether (sulfide) groups is 1. The molecule has 0 radical (unpaired) electrons. The van der Waals surface area contributed by atoms with Gasteiger partial charge in [-0.2, -0.15) is 11.8 Å². The van der Waals surface area contributed by atoms with Crippen molar-refractivity contribution in [1.29, 1.82) is 0 Å². The maximum Gasteiger partial charge on any atom is 0.306 e. The first-order valence-corrected chi connectivity index (χ1v) is 7.37. The molecule has 0 spiro atoms. The Bertz CT molecular complexity index is 383. The zero-order valence-electron chi connectivity index (χ0n) is 9.54. The van der Waals surface area contributed by atoms with Crippen LogP contribution in [0.3, 0.4) is 0 Å². The Morgan fingerprint density at radius 2 is 2.18 bits per heavy atom. The predicted octanol–water partition coefficient (Wildman–Crippen LogP) is 3.83. The van der Waals surface area contributed by atoms with E-state index in [0.717, 1.165) is 11.3 Å². The van der Waals surface area contributed by atoms with Crippen molar-refractivity contribution < 1.29 is 9.53 Å². The Kier molecular flexibility index (Phi) is 6.78. The number of ether oxygens (including phenoxy) is 1. The Morgan fingerprint density at radius 3 is 2.88 bits per heavy atom. The molecule has 0 amide bonds. The maximum absolute atomic E-state index is 11.4. The molecular weight excluding hydrogens is 279 g/mol. The van der Waals surface area contributed by atoms with E-state index in [0.29, 0.717) is 29.5 Å². The average Bonchev–Trinajstić information content (AvgIpc) is 2.31. The van der Waals surface area contributed by atoms with Crippen LogP contribution in [0, 0.1) is 0 Å². The number of carbonyl (C=O) groups is 1. The first-order valence-electron chi connectivity index (χ1n) is 5.22. The summed E-state index contributed by atoms with van der Waals surface area (Å²) in [6.07, 6.45) is 2.85. The number of rotatable bonds is 6. The topological polar surface area (TPSA) is 26.3 Å². The highest BCUT2D eigenvalue weighted by atomic mass is 35.5. The summed E-state index contributed by atoms with van der Waals surface area (Å²) in [5, 5.41) is 1.03. The van der Waals surface area contributed by atoms with E-state index in [1.807, 2.05) is 18.4 Å². The van der Waals surface area contributed by atoms with Crippen LogP contribution < -0.4 is 0 Å². The van der Waals surface area contributed by atoms with Crippen molar-refractivity contribution in [3.05, 3.63) is 33.8 Å².